The van der Waals surface area contributed by atoms with Crippen molar-refractivity contribution >= 4 is 17.2 Å². The lowest BCUT2D eigenvalue weighted by molar-refractivity contribution is -0.140. The summed E-state index contributed by atoms with van der Waals surface area (Å²) >= 11 is 0.898. The monoisotopic (exact) mass is 335 g/mol. The quantitative estimate of drug-likeness (QED) is 0.889. The molecule has 0 aromatic carbocycles. The van der Waals surface area contributed by atoms with E-state index in [0.717, 1.165) is 36.0 Å². The summed E-state index contributed by atoms with van der Waals surface area (Å²) in [7, 11) is 0. The number of carbonyl (C=O) groups is 1. The molecular formula is C14H20F3N3OS. The van der Waals surface area contributed by atoms with Crippen molar-refractivity contribution in [2.75, 3.05) is 0 Å². The van der Waals surface area contributed by atoms with Crippen molar-refractivity contribution in [3.8, 4) is 0 Å². The Balaban J connectivity index is 2.00. The zero-order chi connectivity index (χ0) is 16.5. The second-order valence-electron chi connectivity index (χ2n) is 6.27. The number of carbonyl (C=O) groups excluding carboxylic acids is 1. The SMILES string of the molecule is CC(C)(NC(=O)C[C@@H]1CCC[C@H]1N)c1nc(C(F)(F)F)cs1. The molecule has 4 nitrogen and oxygen atoms in total. The molecule has 1 aliphatic carbocycles. The molecule has 0 bridgehead atoms. The molecule has 22 heavy (non-hydrogen) atoms. The van der Waals surface area contributed by atoms with Crippen LogP contribution in [0.25, 0.3) is 0 Å². The molecule has 1 fully saturated rings. The zero-order valence-electron chi connectivity index (χ0n) is 12.5. The van der Waals surface area contributed by atoms with Crippen molar-refractivity contribution in [2.24, 2.45) is 11.7 Å². The highest BCUT2D eigenvalue weighted by atomic mass is 32.1. The molecule has 2 atom stereocenters. The summed E-state index contributed by atoms with van der Waals surface area (Å²) in [4.78, 5) is 15.7. The first kappa shape index (κ1) is 17.2. The minimum absolute atomic E-state index is 0.0329. The fourth-order valence-corrected chi connectivity index (χ4v) is 3.61. The largest absolute Gasteiger partial charge is 0.434 e. The summed E-state index contributed by atoms with van der Waals surface area (Å²) < 4.78 is 37.8. The van der Waals surface area contributed by atoms with Crippen LogP contribution in [-0.4, -0.2) is 16.9 Å². The standard InChI is InChI=1S/C14H20F3N3OS/c1-13(2,12-19-10(7-22-12)14(15,16)17)20-11(21)6-8-4-3-5-9(8)18/h7-9H,3-6,18H2,1-2H3,(H,20,21)/t8-,9+/m0/s1. The Morgan fingerprint density at radius 2 is 2.14 bits per heavy atom. The van der Waals surface area contributed by atoms with Gasteiger partial charge in [-0.2, -0.15) is 13.2 Å². The topological polar surface area (TPSA) is 68.0 Å². The van der Waals surface area contributed by atoms with Crippen molar-refractivity contribution in [3.05, 3.63) is 16.1 Å². The van der Waals surface area contributed by atoms with Crippen LogP contribution in [0.5, 0.6) is 0 Å². The molecule has 3 N–H and O–H groups in total. The van der Waals surface area contributed by atoms with Gasteiger partial charge in [-0.05, 0) is 32.6 Å². The van der Waals surface area contributed by atoms with E-state index in [1.807, 2.05) is 0 Å². The predicted molar refractivity (Wildman–Crippen MR) is 78.2 cm³/mol. The van der Waals surface area contributed by atoms with Gasteiger partial charge < -0.3 is 11.1 Å². The van der Waals surface area contributed by atoms with E-state index < -0.39 is 17.4 Å². The summed E-state index contributed by atoms with van der Waals surface area (Å²) in [5.41, 5.74) is 4.08. The third-order valence-corrected chi connectivity index (χ3v) is 5.11. The van der Waals surface area contributed by atoms with Crippen molar-refractivity contribution in [1.29, 1.82) is 0 Å². The third-order valence-electron chi connectivity index (χ3n) is 3.95. The first-order valence-electron chi connectivity index (χ1n) is 7.19. The van der Waals surface area contributed by atoms with Crippen LogP contribution >= 0.6 is 11.3 Å². The van der Waals surface area contributed by atoms with E-state index in [-0.39, 0.29) is 22.9 Å². The predicted octanol–water partition coefficient (Wildman–Crippen LogP) is 3.03. The molecule has 1 aromatic rings. The number of alkyl halides is 3. The number of nitrogens with one attached hydrogen (secondary N) is 1. The first-order chi connectivity index (χ1) is 10.1. The van der Waals surface area contributed by atoms with Crippen LogP contribution < -0.4 is 11.1 Å². The Bertz CT molecular complexity index is 542. The van der Waals surface area contributed by atoms with Gasteiger partial charge in [0.25, 0.3) is 0 Å². The number of thiazole rings is 1. The molecule has 0 unspecified atom stereocenters. The van der Waals surface area contributed by atoms with Crippen LogP contribution in [0.1, 0.15) is 50.2 Å². The van der Waals surface area contributed by atoms with Crippen molar-refractivity contribution in [3.63, 3.8) is 0 Å². The zero-order valence-corrected chi connectivity index (χ0v) is 13.4. The van der Waals surface area contributed by atoms with Gasteiger partial charge in [-0.3, -0.25) is 4.79 Å². The van der Waals surface area contributed by atoms with Gasteiger partial charge >= 0.3 is 6.18 Å². The van der Waals surface area contributed by atoms with E-state index >= 15 is 0 Å². The van der Waals surface area contributed by atoms with Gasteiger partial charge in [0.2, 0.25) is 5.91 Å². The maximum absolute atomic E-state index is 12.6. The van der Waals surface area contributed by atoms with Crippen molar-refractivity contribution < 1.29 is 18.0 Å². The normalized spacial score (nSPS) is 22.8. The Kier molecular flexibility index (Phi) is 4.81. The summed E-state index contributed by atoms with van der Waals surface area (Å²) in [6.45, 7) is 3.30. The molecule has 0 spiro atoms. The minimum Gasteiger partial charge on any atom is -0.345 e. The van der Waals surface area contributed by atoms with E-state index in [0.29, 0.717) is 6.42 Å². The van der Waals surface area contributed by atoms with Crippen LogP contribution in [0.15, 0.2) is 5.38 Å². The van der Waals surface area contributed by atoms with Gasteiger partial charge in [-0.25, -0.2) is 4.98 Å². The van der Waals surface area contributed by atoms with Gasteiger partial charge in [-0.15, -0.1) is 11.3 Å². The van der Waals surface area contributed by atoms with Crippen molar-refractivity contribution in [1.82, 2.24) is 10.3 Å². The van der Waals surface area contributed by atoms with Gasteiger partial charge in [0.05, 0.1) is 5.54 Å². The van der Waals surface area contributed by atoms with E-state index in [9.17, 15) is 18.0 Å². The van der Waals surface area contributed by atoms with Gasteiger partial charge in [0.15, 0.2) is 5.69 Å². The van der Waals surface area contributed by atoms with E-state index in [2.05, 4.69) is 10.3 Å². The number of hydrogen-bond acceptors (Lipinski definition) is 4. The molecule has 124 valence electrons. The molecule has 2 rings (SSSR count). The third kappa shape index (κ3) is 3.98. The molecule has 8 heteroatoms. The smallest absolute Gasteiger partial charge is 0.345 e. The number of nitrogens with two attached hydrogens (primary N) is 1. The molecule has 1 aliphatic rings. The van der Waals surface area contributed by atoms with Gasteiger partial charge in [0, 0.05) is 17.8 Å². The summed E-state index contributed by atoms with van der Waals surface area (Å²) in [6, 6.07) is 0.0329. The number of rotatable bonds is 4. The second kappa shape index (κ2) is 6.16. The molecule has 1 heterocycles. The second-order valence-corrected chi connectivity index (χ2v) is 7.13. The van der Waals surface area contributed by atoms with E-state index in [4.69, 9.17) is 5.73 Å². The summed E-state index contributed by atoms with van der Waals surface area (Å²) in [5, 5.41) is 3.98. The summed E-state index contributed by atoms with van der Waals surface area (Å²) in [6.07, 6.45) is -1.30. The van der Waals surface area contributed by atoms with Crippen LogP contribution in [-0.2, 0) is 16.5 Å². The van der Waals surface area contributed by atoms with Crippen LogP contribution in [0.2, 0.25) is 0 Å². The Labute approximate surface area is 131 Å². The Morgan fingerprint density at radius 1 is 1.45 bits per heavy atom. The lowest BCUT2D eigenvalue weighted by Crippen LogP contribution is -2.42. The number of halogens is 3. The molecule has 0 radical (unpaired) electrons. The fraction of sp³-hybridized carbons (Fsp3) is 0.714. The highest BCUT2D eigenvalue weighted by molar-refractivity contribution is 7.09. The number of hydrogen-bond donors (Lipinski definition) is 2. The maximum Gasteiger partial charge on any atom is 0.434 e. The Hall–Kier alpha value is -1.15. The van der Waals surface area contributed by atoms with Crippen molar-refractivity contribution in [2.45, 2.75) is 57.3 Å². The highest BCUT2D eigenvalue weighted by Gasteiger charge is 2.36. The fourth-order valence-electron chi connectivity index (χ4n) is 2.70. The molecular weight excluding hydrogens is 315 g/mol. The van der Waals surface area contributed by atoms with E-state index in [1.54, 1.807) is 13.8 Å². The van der Waals surface area contributed by atoms with Crippen LogP contribution in [0, 0.1) is 5.92 Å². The highest BCUT2D eigenvalue weighted by Crippen LogP contribution is 2.33. The molecule has 1 aromatic heterocycles. The van der Waals surface area contributed by atoms with Crippen LogP contribution in [0.3, 0.4) is 0 Å². The molecule has 1 saturated carbocycles. The molecule has 0 aliphatic heterocycles. The number of aromatic nitrogens is 1. The minimum atomic E-state index is -4.47. The lowest BCUT2D eigenvalue weighted by atomic mass is 9.98. The van der Waals surface area contributed by atoms with E-state index in [1.165, 1.54) is 0 Å². The maximum atomic E-state index is 12.6. The van der Waals surface area contributed by atoms with Gasteiger partial charge in [-0.1, -0.05) is 6.42 Å². The number of nitrogens with zero attached hydrogens (tertiary/aromatic N) is 1. The average molecular weight is 335 g/mol. The molecule has 1 amide bonds. The lowest BCUT2D eigenvalue weighted by Gasteiger charge is -2.25. The first-order valence-corrected chi connectivity index (χ1v) is 8.07. The summed E-state index contributed by atoms with van der Waals surface area (Å²) in [5.74, 6) is -0.0473. The van der Waals surface area contributed by atoms with Gasteiger partial charge in [0.1, 0.15) is 5.01 Å². The van der Waals surface area contributed by atoms with Crippen LogP contribution in [0.4, 0.5) is 13.2 Å². The Morgan fingerprint density at radius 3 is 2.64 bits per heavy atom. The number of amides is 1. The average Bonchev–Trinajstić information content (AvgIpc) is 2.98. The molecule has 0 saturated heterocycles.